The summed E-state index contributed by atoms with van der Waals surface area (Å²) in [7, 11) is 0. The maximum atomic E-state index is 13.1. The summed E-state index contributed by atoms with van der Waals surface area (Å²) in [6.45, 7) is 2.17. The topological polar surface area (TPSA) is 23.5 Å². The van der Waals surface area contributed by atoms with Crippen molar-refractivity contribution in [2.75, 3.05) is 13.1 Å². The molecule has 3 heterocycles. The summed E-state index contributed by atoms with van der Waals surface area (Å²) in [5.74, 6) is 0.270. The van der Waals surface area contributed by atoms with Gasteiger partial charge in [0, 0.05) is 6.04 Å². The molecule has 0 spiro atoms. The van der Waals surface area contributed by atoms with Crippen molar-refractivity contribution >= 4 is 0 Å². The number of hydrogen-bond acceptors (Lipinski definition) is 2. The Balaban J connectivity index is 1.76. The van der Waals surface area contributed by atoms with Crippen molar-refractivity contribution in [2.45, 2.75) is 31.4 Å². The van der Waals surface area contributed by atoms with E-state index < -0.39 is 0 Å². The van der Waals surface area contributed by atoms with Crippen molar-refractivity contribution in [2.24, 2.45) is 5.92 Å². The fourth-order valence-corrected chi connectivity index (χ4v) is 3.28. The van der Waals surface area contributed by atoms with Crippen LogP contribution in [0.2, 0.25) is 0 Å². The predicted molar refractivity (Wildman–Crippen MR) is 64.2 cm³/mol. The lowest BCUT2D eigenvalue weighted by Gasteiger charge is -2.49. The number of nitrogens with zero attached hydrogens (tertiary/aromatic N) is 1. The third kappa shape index (κ3) is 2.09. The summed E-state index contributed by atoms with van der Waals surface area (Å²) in [6, 6.07) is 6.92. The number of aliphatic hydroxyl groups is 1. The van der Waals surface area contributed by atoms with E-state index in [9.17, 15) is 9.50 Å². The van der Waals surface area contributed by atoms with Crippen LogP contribution >= 0.6 is 0 Å². The third-order valence-electron chi connectivity index (χ3n) is 4.25. The molecule has 17 heavy (non-hydrogen) atoms. The fraction of sp³-hybridized carbons (Fsp3) is 0.571. The zero-order chi connectivity index (χ0) is 11.8. The van der Waals surface area contributed by atoms with Gasteiger partial charge in [0.15, 0.2) is 0 Å². The largest absolute Gasteiger partial charge is 0.391 e. The molecule has 3 fully saturated rings. The van der Waals surface area contributed by atoms with Gasteiger partial charge in [-0.25, -0.2) is 4.39 Å². The third-order valence-corrected chi connectivity index (χ3v) is 4.25. The summed E-state index contributed by atoms with van der Waals surface area (Å²) in [5, 5.41) is 10.3. The molecule has 2 bridgehead atoms. The molecule has 0 amide bonds. The number of benzene rings is 1. The number of fused-ring (bicyclic) bond motifs is 3. The second-order valence-corrected chi connectivity index (χ2v) is 5.27. The first kappa shape index (κ1) is 11.2. The van der Waals surface area contributed by atoms with Gasteiger partial charge in [-0.3, -0.25) is 4.90 Å². The first-order valence-corrected chi connectivity index (χ1v) is 6.40. The minimum atomic E-state index is -0.235. The summed E-state index contributed by atoms with van der Waals surface area (Å²) in [4.78, 5) is 2.36. The molecular weight excluding hydrogens is 217 g/mol. The van der Waals surface area contributed by atoms with Gasteiger partial charge in [-0.1, -0.05) is 12.1 Å². The van der Waals surface area contributed by atoms with Crippen LogP contribution in [-0.2, 0) is 6.42 Å². The normalized spacial score (nSPS) is 36.1. The van der Waals surface area contributed by atoms with E-state index in [0.29, 0.717) is 5.92 Å². The molecule has 2 atom stereocenters. The molecule has 1 aromatic rings. The zero-order valence-corrected chi connectivity index (χ0v) is 9.85. The van der Waals surface area contributed by atoms with E-state index in [0.717, 1.165) is 37.9 Å². The van der Waals surface area contributed by atoms with Crippen LogP contribution in [0.15, 0.2) is 24.3 Å². The summed E-state index contributed by atoms with van der Waals surface area (Å²) in [5.41, 5.74) is 0.988. The van der Waals surface area contributed by atoms with Gasteiger partial charge in [-0.2, -0.15) is 0 Å². The number of aliphatic hydroxyl groups excluding tert-OH is 1. The van der Waals surface area contributed by atoms with Crippen LogP contribution in [0.5, 0.6) is 0 Å². The maximum absolute atomic E-state index is 13.1. The Morgan fingerprint density at radius 1 is 1.29 bits per heavy atom. The highest BCUT2D eigenvalue weighted by atomic mass is 19.1. The molecular formula is C14H18FNO. The van der Waals surface area contributed by atoms with Gasteiger partial charge in [-0.15, -0.1) is 0 Å². The molecule has 0 saturated carbocycles. The molecule has 1 aromatic carbocycles. The van der Waals surface area contributed by atoms with Crippen molar-refractivity contribution in [3.05, 3.63) is 35.6 Å². The van der Waals surface area contributed by atoms with Gasteiger partial charge in [0.25, 0.3) is 0 Å². The van der Waals surface area contributed by atoms with E-state index in [1.165, 1.54) is 6.07 Å². The molecule has 4 rings (SSSR count). The Kier molecular flexibility index (Phi) is 2.89. The quantitative estimate of drug-likeness (QED) is 0.845. The first-order valence-electron chi connectivity index (χ1n) is 6.40. The number of halogens is 1. The van der Waals surface area contributed by atoms with Crippen LogP contribution in [0, 0.1) is 11.7 Å². The second kappa shape index (κ2) is 4.39. The van der Waals surface area contributed by atoms with Crippen molar-refractivity contribution in [3.63, 3.8) is 0 Å². The van der Waals surface area contributed by atoms with Gasteiger partial charge in [0.2, 0.25) is 0 Å². The smallest absolute Gasteiger partial charge is 0.123 e. The highest BCUT2D eigenvalue weighted by molar-refractivity contribution is 5.18. The highest BCUT2D eigenvalue weighted by Gasteiger charge is 2.40. The van der Waals surface area contributed by atoms with Crippen LogP contribution < -0.4 is 0 Å². The van der Waals surface area contributed by atoms with Crippen molar-refractivity contribution < 1.29 is 9.50 Å². The van der Waals surface area contributed by atoms with Crippen LogP contribution in [-0.4, -0.2) is 35.2 Å². The monoisotopic (exact) mass is 235 g/mol. The Morgan fingerprint density at radius 2 is 2.06 bits per heavy atom. The van der Waals surface area contributed by atoms with Crippen LogP contribution in [0.1, 0.15) is 18.4 Å². The second-order valence-electron chi connectivity index (χ2n) is 5.27. The van der Waals surface area contributed by atoms with Crippen molar-refractivity contribution in [1.82, 2.24) is 4.90 Å². The van der Waals surface area contributed by atoms with Gasteiger partial charge < -0.3 is 5.11 Å². The molecule has 3 heteroatoms. The molecule has 0 aliphatic carbocycles. The minimum absolute atomic E-state index is 0.185. The van der Waals surface area contributed by atoms with E-state index >= 15 is 0 Å². The SMILES string of the molecule is OC1C2CCN(CC2)C1Cc1cccc(F)c1. The average Bonchev–Trinajstić information content (AvgIpc) is 2.34. The molecule has 3 saturated heterocycles. The summed E-state index contributed by atoms with van der Waals surface area (Å²) < 4.78 is 13.1. The van der Waals surface area contributed by atoms with Gasteiger partial charge in [0.1, 0.15) is 5.82 Å². The lowest BCUT2D eigenvalue weighted by atomic mass is 9.78. The average molecular weight is 235 g/mol. The molecule has 0 radical (unpaired) electrons. The molecule has 2 unspecified atom stereocenters. The van der Waals surface area contributed by atoms with Crippen LogP contribution in [0.4, 0.5) is 4.39 Å². The Morgan fingerprint density at radius 3 is 2.71 bits per heavy atom. The van der Waals surface area contributed by atoms with Crippen LogP contribution in [0.3, 0.4) is 0 Å². The van der Waals surface area contributed by atoms with Crippen LogP contribution in [0.25, 0.3) is 0 Å². The van der Waals surface area contributed by atoms with E-state index in [4.69, 9.17) is 0 Å². The van der Waals surface area contributed by atoms with Crippen molar-refractivity contribution in [3.8, 4) is 0 Å². The lowest BCUT2D eigenvalue weighted by Crippen LogP contribution is -2.58. The maximum Gasteiger partial charge on any atom is 0.123 e. The molecule has 3 aliphatic heterocycles. The molecule has 3 aliphatic rings. The molecule has 0 aromatic heterocycles. The zero-order valence-electron chi connectivity index (χ0n) is 9.85. The first-order chi connectivity index (χ1) is 8.24. The lowest BCUT2D eigenvalue weighted by molar-refractivity contribution is -0.0715. The van der Waals surface area contributed by atoms with E-state index in [2.05, 4.69) is 4.90 Å². The molecule has 92 valence electrons. The predicted octanol–water partition coefficient (Wildman–Crippen LogP) is 1.82. The number of piperidine rings is 3. The van der Waals surface area contributed by atoms with E-state index in [-0.39, 0.29) is 18.0 Å². The number of hydrogen-bond donors (Lipinski definition) is 1. The summed E-state index contributed by atoms with van der Waals surface area (Å²) in [6.07, 6.45) is 2.75. The van der Waals surface area contributed by atoms with Gasteiger partial charge in [-0.05, 0) is 56.0 Å². The number of rotatable bonds is 2. The minimum Gasteiger partial charge on any atom is -0.391 e. The highest BCUT2D eigenvalue weighted by Crippen LogP contribution is 2.33. The van der Waals surface area contributed by atoms with E-state index in [1.54, 1.807) is 12.1 Å². The van der Waals surface area contributed by atoms with Gasteiger partial charge >= 0.3 is 0 Å². The molecule has 1 N–H and O–H groups in total. The Hall–Kier alpha value is -0.930. The Bertz CT molecular complexity index is 399. The van der Waals surface area contributed by atoms with Crippen molar-refractivity contribution in [1.29, 1.82) is 0 Å². The fourth-order valence-electron chi connectivity index (χ4n) is 3.28. The Labute approximate surface area is 101 Å². The standard InChI is InChI=1S/C14H18FNO/c15-12-3-1-2-10(8-12)9-13-14(17)11-4-6-16(13)7-5-11/h1-3,8,11,13-14,17H,4-7,9H2. The molecule has 2 nitrogen and oxygen atoms in total. The van der Waals surface area contributed by atoms with E-state index in [1.807, 2.05) is 6.07 Å². The summed E-state index contributed by atoms with van der Waals surface area (Å²) >= 11 is 0. The van der Waals surface area contributed by atoms with Gasteiger partial charge in [0.05, 0.1) is 6.10 Å².